The number of hydrogen-bond acceptors (Lipinski definition) is 4. The highest BCUT2D eigenvalue weighted by Crippen LogP contribution is 2.32. The van der Waals surface area contributed by atoms with E-state index >= 15 is 0 Å². The number of rotatable bonds is 4. The fourth-order valence-corrected chi connectivity index (χ4v) is 3.19. The summed E-state index contributed by atoms with van der Waals surface area (Å²) in [5.74, 6) is 3.13. The smallest absolute Gasteiger partial charge is 0.134 e. The molecular weight excluding hydrogens is 298 g/mol. The first-order valence-corrected chi connectivity index (χ1v) is 7.85. The maximum atomic E-state index is 6.01. The topological polar surface area (TPSA) is 46.8 Å². The first-order chi connectivity index (χ1) is 10.5. The van der Waals surface area contributed by atoms with Gasteiger partial charge in [0.05, 0.1) is 17.3 Å². The summed E-state index contributed by atoms with van der Waals surface area (Å²) in [6.07, 6.45) is 2.81. The predicted molar refractivity (Wildman–Crippen MR) is 89.4 cm³/mol. The molecule has 0 N–H and O–H groups in total. The van der Waals surface area contributed by atoms with Gasteiger partial charge in [-0.3, -0.25) is 0 Å². The van der Waals surface area contributed by atoms with Crippen molar-refractivity contribution in [2.75, 3.05) is 18.0 Å². The van der Waals surface area contributed by atoms with Crippen LogP contribution in [-0.4, -0.2) is 32.6 Å². The van der Waals surface area contributed by atoms with Crippen molar-refractivity contribution in [3.63, 3.8) is 0 Å². The van der Waals surface area contributed by atoms with Crippen molar-refractivity contribution in [2.45, 2.75) is 26.2 Å². The van der Waals surface area contributed by atoms with E-state index in [0.29, 0.717) is 16.9 Å². The van der Waals surface area contributed by atoms with E-state index in [4.69, 9.17) is 16.6 Å². The highest BCUT2D eigenvalue weighted by Gasteiger charge is 2.33. The molecule has 6 heteroatoms. The first-order valence-electron chi connectivity index (χ1n) is 7.47. The van der Waals surface area contributed by atoms with Crippen LogP contribution < -0.4 is 4.90 Å². The number of aryl methyl sites for hydroxylation is 2. The van der Waals surface area contributed by atoms with Crippen LogP contribution in [0.25, 0.3) is 6.08 Å². The average Bonchev–Trinajstić information content (AvgIpc) is 2.72. The summed E-state index contributed by atoms with van der Waals surface area (Å²) in [4.78, 5) is 15.6. The average molecular weight is 318 g/mol. The minimum atomic E-state index is 0.415. The fraction of sp³-hybridized carbons (Fsp3) is 0.438. The van der Waals surface area contributed by atoms with Crippen molar-refractivity contribution >= 4 is 23.5 Å². The van der Waals surface area contributed by atoms with Gasteiger partial charge in [-0.2, -0.15) is 0 Å². The normalized spacial score (nSPS) is 15.0. The van der Waals surface area contributed by atoms with E-state index in [2.05, 4.69) is 40.0 Å². The highest BCUT2D eigenvalue weighted by molar-refractivity contribution is 6.29. The number of hydrogen-bond donors (Lipinski definition) is 0. The molecule has 116 valence electrons. The molecule has 1 fully saturated rings. The standard InChI is InChI=1S/C16H20ClN5/c1-5-12-13(6-2)21(4)16(20-12)11-8-22(9-11)15-7-14(17)18-10(3)19-15/h6-7,11H,2,5,8-9H2,1,3-4H3. The summed E-state index contributed by atoms with van der Waals surface area (Å²) >= 11 is 6.01. The Morgan fingerprint density at radius 2 is 2.09 bits per heavy atom. The molecule has 3 heterocycles. The fourth-order valence-electron chi connectivity index (χ4n) is 2.97. The van der Waals surface area contributed by atoms with Gasteiger partial charge in [-0.25, -0.2) is 15.0 Å². The predicted octanol–water partition coefficient (Wildman–Crippen LogP) is 2.98. The van der Waals surface area contributed by atoms with Gasteiger partial charge < -0.3 is 9.47 Å². The molecule has 0 atom stereocenters. The second-order valence-electron chi connectivity index (χ2n) is 5.62. The van der Waals surface area contributed by atoms with E-state index in [-0.39, 0.29) is 0 Å². The molecule has 0 amide bonds. The molecular formula is C16H20ClN5. The lowest BCUT2D eigenvalue weighted by atomic mass is 9.99. The summed E-state index contributed by atoms with van der Waals surface area (Å²) in [7, 11) is 2.06. The molecule has 0 saturated carbocycles. The maximum Gasteiger partial charge on any atom is 0.134 e. The van der Waals surface area contributed by atoms with E-state index in [0.717, 1.165) is 42.5 Å². The molecule has 22 heavy (non-hydrogen) atoms. The lowest BCUT2D eigenvalue weighted by molar-refractivity contribution is 0.482. The van der Waals surface area contributed by atoms with E-state index in [9.17, 15) is 0 Å². The van der Waals surface area contributed by atoms with Crippen LogP contribution in [-0.2, 0) is 13.5 Å². The Morgan fingerprint density at radius 3 is 2.64 bits per heavy atom. The van der Waals surface area contributed by atoms with Crippen LogP contribution in [0.5, 0.6) is 0 Å². The van der Waals surface area contributed by atoms with Crippen molar-refractivity contribution in [2.24, 2.45) is 7.05 Å². The molecule has 5 nitrogen and oxygen atoms in total. The van der Waals surface area contributed by atoms with Crippen molar-refractivity contribution in [3.8, 4) is 0 Å². The number of anilines is 1. The molecule has 0 spiro atoms. The van der Waals surface area contributed by atoms with Gasteiger partial charge in [-0.15, -0.1) is 0 Å². The van der Waals surface area contributed by atoms with Crippen LogP contribution in [0.2, 0.25) is 5.15 Å². The zero-order valence-corrected chi connectivity index (χ0v) is 13.9. The van der Waals surface area contributed by atoms with Crippen LogP contribution in [0.3, 0.4) is 0 Å². The van der Waals surface area contributed by atoms with E-state index in [1.54, 1.807) is 0 Å². The van der Waals surface area contributed by atoms with Crippen molar-refractivity contribution in [1.82, 2.24) is 19.5 Å². The molecule has 2 aromatic rings. The Kier molecular flexibility index (Phi) is 3.91. The lowest BCUT2D eigenvalue weighted by Gasteiger charge is -2.39. The van der Waals surface area contributed by atoms with E-state index < -0.39 is 0 Å². The van der Waals surface area contributed by atoms with Gasteiger partial charge in [0.15, 0.2) is 0 Å². The summed E-state index contributed by atoms with van der Waals surface area (Å²) in [5.41, 5.74) is 2.24. The van der Waals surface area contributed by atoms with Crippen molar-refractivity contribution in [1.29, 1.82) is 0 Å². The molecule has 2 aromatic heterocycles. The van der Waals surface area contributed by atoms with Gasteiger partial charge in [-0.1, -0.05) is 25.1 Å². The third kappa shape index (κ3) is 2.50. The maximum absolute atomic E-state index is 6.01. The zero-order chi connectivity index (χ0) is 15.9. The summed E-state index contributed by atoms with van der Waals surface area (Å²) in [6, 6.07) is 1.82. The van der Waals surface area contributed by atoms with Crippen molar-refractivity contribution < 1.29 is 0 Å². The summed E-state index contributed by atoms with van der Waals surface area (Å²) in [6.45, 7) is 9.68. The molecule has 0 aromatic carbocycles. The zero-order valence-electron chi connectivity index (χ0n) is 13.2. The lowest BCUT2D eigenvalue weighted by Crippen LogP contribution is -2.46. The molecule has 1 saturated heterocycles. The highest BCUT2D eigenvalue weighted by atomic mass is 35.5. The molecule has 3 rings (SSSR count). The third-order valence-corrected chi connectivity index (χ3v) is 4.34. The van der Waals surface area contributed by atoms with Gasteiger partial charge in [0.25, 0.3) is 0 Å². The van der Waals surface area contributed by atoms with Crippen LogP contribution in [0, 0.1) is 6.92 Å². The Morgan fingerprint density at radius 1 is 1.36 bits per heavy atom. The Bertz CT molecular complexity index is 695. The number of halogens is 1. The molecule has 0 bridgehead atoms. The van der Waals surface area contributed by atoms with Crippen LogP contribution in [0.1, 0.15) is 35.9 Å². The number of imidazole rings is 1. The monoisotopic (exact) mass is 317 g/mol. The minimum Gasteiger partial charge on any atom is -0.355 e. The quantitative estimate of drug-likeness (QED) is 0.813. The van der Waals surface area contributed by atoms with Gasteiger partial charge in [-0.05, 0) is 19.4 Å². The van der Waals surface area contributed by atoms with Crippen LogP contribution >= 0.6 is 11.6 Å². The Hall–Kier alpha value is -1.88. The second kappa shape index (κ2) is 5.72. The van der Waals surface area contributed by atoms with Gasteiger partial charge in [0.2, 0.25) is 0 Å². The van der Waals surface area contributed by atoms with Crippen molar-refractivity contribution in [3.05, 3.63) is 40.8 Å². The molecule has 1 aliphatic rings. The molecule has 0 aliphatic carbocycles. The van der Waals surface area contributed by atoms with Gasteiger partial charge >= 0.3 is 0 Å². The summed E-state index contributed by atoms with van der Waals surface area (Å²) in [5, 5.41) is 0.491. The van der Waals surface area contributed by atoms with Crippen LogP contribution in [0.15, 0.2) is 12.6 Å². The largest absolute Gasteiger partial charge is 0.355 e. The molecule has 1 aliphatic heterocycles. The molecule has 0 unspecified atom stereocenters. The SMILES string of the molecule is C=Cc1c(CC)nc(C2CN(c3cc(Cl)nc(C)n3)C2)n1C. The molecule has 0 radical (unpaired) electrons. The first kappa shape index (κ1) is 15.0. The minimum absolute atomic E-state index is 0.415. The van der Waals surface area contributed by atoms with Crippen LogP contribution in [0.4, 0.5) is 5.82 Å². The van der Waals surface area contributed by atoms with Gasteiger partial charge in [0, 0.05) is 26.2 Å². The second-order valence-corrected chi connectivity index (χ2v) is 6.00. The third-order valence-electron chi connectivity index (χ3n) is 4.14. The number of aromatic nitrogens is 4. The summed E-state index contributed by atoms with van der Waals surface area (Å²) < 4.78 is 2.16. The van der Waals surface area contributed by atoms with E-state index in [1.165, 1.54) is 0 Å². The Balaban J connectivity index is 1.79. The van der Waals surface area contributed by atoms with Gasteiger partial charge in [0.1, 0.15) is 22.6 Å². The van der Waals surface area contributed by atoms with E-state index in [1.807, 2.05) is 19.1 Å². The number of nitrogens with zero attached hydrogens (tertiary/aromatic N) is 5. The Labute approximate surface area is 135 Å².